The van der Waals surface area contributed by atoms with E-state index in [1.165, 1.54) is 115 Å². The maximum Gasteiger partial charge on any atom is 0.159 e. The Bertz CT molecular complexity index is 368. The molecule has 0 spiro atoms. The molecule has 1 atom stereocenters. The standard InChI is InChI=1S/C25H46O/c1-3-5-7-9-11-13-15-17-19-23-21-24(25(26)22-23)20-18-16-14-12-10-8-6-4-2/h21,23H,3-20,22H2,1-2H3. The lowest BCUT2D eigenvalue weighted by molar-refractivity contribution is -0.115. The van der Waals surface area contributed by atoms with E-state index in [2.05, 4.69) is 19.9 Å². The third-order valence-corrected chi connectivity index (χ3v) is 5.97. The molecule has 26 heavy (non-hydrogen) atoms. The molecule has 0 heterocycles. The van der Waals surface area contributed by atoms with Crippen molar-refractivity contribution in [1.29, 1.82) is 0 Å². The van der Waals surface area contributed by atoms with Crippen molar-refractivity contribution in [3.05, 3.63) is 11.6 Å². The number of carbonyl (C=O) groups is 1. The van der Waals surface area contributed by atoms with Gasteiger partial charge in [0.25, 0.3) is 0 Å². The summed E-state index contributed by atoms with van der Waals surface area (Å²) in [6.45, 7) is 4.55. The molecular formula is C25H46O. The molecule has 0 aromatic rings. The van der Waals surface area contributed by atoms with Crippen LogP contribution in [0.25, 0.3) is 0 Å². The van der Waals surface area contributed by atoms with Crippen molar-refractivity contribution in [2.24, 2.45) is 5.92 Å². The average Bonchev–Trinajstić information content (AvgIpc) is 2.99. The summed E-state index contributed by atoms with van der Waals surface area (Å²) in [5.74, 6) is 1.02. The van der Waals surface area contributed by atoms with Crippen LogP contribution in [0, 0.1) is 5.92 Å². The van der Waals surface area contributed by atoms with Crippen LogP contribution in [0.3, 0.4) is 0 Å². The molecule has 0 amide bonds. The zero-order chi connectivity index (χ0) is 18.9. The summed E-state index contributed by atoms with van der Waals surface area (Å²) in [5.41, 5.74) is 1.17. The first-order valence-electron chi connectivity index (χ1n) is 12.0. The summed E-state index contributed by atoms with van der Waals surface area (Å²) in [4.78, 5) is 12.2. The molecule has 0 radical (unpaired) electrons. The fourth-order valence-electron chi connectivity index (χ4n) is 4.20. The molecule has 1 rings (SSSR count). The molecule has 0 fully saturated rings. The van der Waals surface area contributed by atoms with Crippen LogP contribution in [-0.2, 0) is 4.79 Å². The van der Waals surface area contributed by atoms with Gasteiger partial charge in [-0.05, 0) is 30.8 Å². The van der Waals surface area contributed by atoms with Gasteiger partial charge in [0.15, 0.2) is 5.78 Å². The van der Waals surface area contributed by atoms with E-state index < -0.39 is 0 Å². The van der Waals surface area contributed by atoms with Crippen LogP contribution in [0.15, 0.2) is 11.6 Å². The largest absolute Gasteiger partial charge is 0.295 e. The predicted molar refractivity (Wildman–Crippen MR) is 116 cm³/mol. The Labute approximate surface area is 164 Å². The highest BCUT2D eigenvalue weighted by molar-refractivity contribution is 5.97. The first-order chi connectivity index (χ1) is 12.8. The van der Waals surface area contributed by atoms with Gasteiger partial charge in [0.05, 0.1) is 0 Å². The van der Waals surface area contributed by atoms with E-state index in [0.29, 0.717) is 11.7 Å². The van der Waals surface area contributed by atoms with Gasteiger partial charge in [0.2, 0.25) is 0 Å². The second-order valence-electron chi connectivity index (χ2n) is 8.57. The van der Waals surface area contributed by atoms with Crippen molar-refractivity contribution < 1.29 is 4.79 Å². The Morgan fingerprint density at radius 1 is 0.692 bits per heavy atom. The van der Waals surface area contributed by atoms with Crippen LogP contribution >= 0.6 is 0 Å². The van der Waals surface area contributed by atoms with Gasteiger partial charge in [-0.2, -0.15) is 0 Å². The van der Waals surface area contributed by atoms with Gasteiger partial charge < -0.3 is 0 Å². The van der Waals surface area contributed by atoms with Crippen molar-refractivity contribution >= 4 is 5.78 Å². The van der Waals surface area contributed by atoms with Crippen LogP contribution in [0.2, 0.25) is 0 Å². The lowest BCUT2D eigenvalue weighted by Gasteiger charge is -2.06. The minimum absolute atomic E-state index is 0.456. The molecule has 0 saturated heterocycles. The number of allylic oxidation sites excluding steroid dienone is 2. The highest BCUT2D eigenvalue weighted by Gasteiger charge is 2.22. The maximum atomic E-state index is 12.2. The summed E-state index contributed by atoms with van der Waals surface area (Å²) in [5, 5.41) is 0. The zero-order valence-corrected chi connectivity index (χ0v) is 18.0. The van der Waals surface area contributed by atoms with Crippen LogP contribution < -0.4 is 0 Å². The predicted octanol–water partition coefficient (Wildman–Crippen LogP) is 8.56. The Morgan fingerprint density at radius 3 is 1.69 bits per heavy atom. The average molecular weight is 363 g/mol. The summed E-state index contributed by atoms with van der Waals surface area (Å²) in [6.07, 6.45) is 27.2. The molecular weight excluding hydrogens is 316 g/mol. The number of carbonyl (C=O) groups excluding carboxylic acids is 1. The van der Waals surface area contributed by atoms with E-state index in [9.17, 15) is 4.79 Å². The summed E-state index contributed by atoms with van der Waals surface area (Å²) < 4.78 is 0. The lowest BCUT2D eigenvalue weighted by Crippen LogP contribution is -1.99. The Hall–Kier alpha value is -0.590. The molecule has 1 aliphatic carbocycles. The van der Waals surface area contributed by atoms with Gasteiger partial charge in [-0.1, -0.05) is 116 Å². The molecule has 0 saturated carbocycles. The Balaban J connectivity index is 1.99. The van der Waals surface area contributed by atoms with Crippen LogP contribution in [-0.4, -0.2) is 5.78 Å². The zero-order valence-electron chi connectivity index (χ0n) is 18.0. The van der Waals surface area contributed by atoms with E-state index >= 15 is 0 Å². The Morgan fingerprint density at radius 2 is 1.15 bits per heavy atom. The third-order valence-electron chi connectivity index (χ3n) is 5.97. The van der Waals surface area contributed by atoms with E-state index in [4.69, 9.17) is 0 Å². The highest BCUT2D eigenvalue weighted by Crippen LogP contribution is 2.29. The second-order valence-corrected chi connectivity index (χ2v) is 8.57. The molecule has 0 aromatic carbocycles. The van der Waals surface area contributed by atoms with E-state index in [1.54, 1.807) is 0 Å². The van der Waals surface area contributed by atoms with Gasteiger partial charge in [0.1, 0.15) is 0 Å². The SMILES string of the molecule is CCCCCCCCCCC1=CC(CCCCCCCCCC)CC1=O. The maximum absolute atomic E-state index is 12.2. The van der Waals surface area contributed by atoms with Gasteiger partial charge in [-0.25, -0.2) is 0 Å². The molecule has 152 valence electrons. The van der Waals surface area contributed by atoms with Gasteiger partial charge in [-0.15, -0.1) is 0 Å². The van der Waals surface area contributed by atoms with E-state index in [0.717, 1.165) is 12.8 Å². The number of rotatable bonds is 18. The lowest BCUT2D eigenvalue weighted by atomic mass is 9.99. The van der Waals surface area contributed by atoms with E-state index in [1.807, 2.05) is 0 Å². The van der Waals surface area contributed by atoms with E-state index in [-0.39, 0.29) is 0 Å². The van der Waals surface area contributed by atoms with Gasteiger partial charge in [-0.3, -0.25) is 4.79 Å². The normalized spacial score (nSPS) is 17.1. The van der Waals surface area contributed by atoms with Crippen LogP contribution in [0.1, 0.15) is 136 Å². The summed E-state index contributed by atoms with van der Waals surface area (Å²) >= 11 is 0. The summed E-state index contributed by atoms with van der Waals surface area (Å²) in [6, 6.07) is 0. The molecule has 0 aliphatic heterocycles. The molecule has 1 aliphatic rings. The number of ketones is 1. The van der Waals surface area contributed by atoms with Crippen molar-refractivity contribution in [3.63, 3.8) is 0 Å². The Kier molecular flexibility index (Phi) is 14.9. The smallest absolute Gasteiger partial charge is 0.159 e. The quantitative estimate of drug-likeness (QED) is 0.223. The fraction of sp³-hybridized carbons (Fsp3) is 0.880. The number of unbranched alkanes of at least 4 members (excludes halogenated alkanes) is 14. The molecule has 1 heteroatoms. The number of hydrogen-bond acceptors (Lipinski definition) is 1. The first kappa shape index (κ1) is 23.4. The minimum Gasteiger partial charge on any atom is -0.295 e. The minimum atomic E-state index is 0.456. The van der Waals surface area contributed by atoms with Crippen molar-refractivity contribution in [3.8, 4) is 0 Å². The first-order valence-corrected chi connectivity index (χ1v) is 12.0. The second kappa shape index (κ2) is 16.6. The van der Waals surface area contributed by atoms with Gasteiger partial charge >= 0.3 is 0 Å². The molecule has 0 bridgehead atoms. The molecule has 1 unspecified atom stereocenters. The number of Topliss-reactive ketones (excluding diaryl/α,β-unsaturated/α-hetero) is 1. The monoisotopic (exact) mass is 362 g/mol. The third kappa shape index (κ3) is 11.9. The van der Waals surface area contributed by atoms with Gasteiger partial charge in [0, 0.05) is 6.42 Å². The molecule has 1 nitrogen and oxygen atoms in total. The number of hydrogen-bond donors (Lipinski definition) is 0. The highest BCUT2D eigenvalue weighted by atomic mass is 16.1. The summed E-state index contributed by atoms with van der Waals surface area (Å²) in [7, 11) is 0. The van der Waals surface area contributed by atoms with Crippen LogP contribution in [0.5, 0.6) is 0 Å². The molecule has 0 N–H and O–H groups in total. The topological polar surface area (TPSA) is 17.1 Å². The van der Waals surface area contributed by atoms with Crippen molar-refractivity contribution in [1.82, 2.24) is 0 Å². The van der Waals surface area contributed by atoms with Crippen molar-refractivity contribution in [2.45, 2.75) is 136 Å². The van der Waals surface area contributed by atoms with Crippen molar-refractivity contribution in [2.75, 3.05) is 0 Å². The molecule has 0 aromatic heterocycles. The fourth-order valence-corrected chi connectivity index (χ4v) is 4.20. The van der Waals surface area contributed by atoms with Crippen LogP contribution in [0.4, 0.5) is 0 Å².